The summed E-state index contributed by atoms with van der Waals surface area (Å²) in [5, 5.41) is 11.0. The van der Waals surface area contributed by atoms with E-state index in [-0.39, 0.29) is 29.7 Å². The maximum Gasteiger partial charge on any atom is 0.360 e. The van der Waals surface area contributed by atoms with Gasteiger partial charge in [0.2, 0.25) is 0 Å². The van der Waals surface area contributed by atoms with Crippen LogP contribution in [0.15, 0.2) is 60.8 Å². The molecule has 0 atom stereocenters. The highest BCUT2D eigenvalue weighted by atomic mass is 19.1. The van der Waals surface area contributed by atoms with Gasteiger partial charge in [0.05, 0.1) is 24.0 Å². The molecular formula is C22H16F2N2O3. The molecule has 1 N–H and O–H groups in total. The summed E-state index contributed by atoms with van der Waals surface area (Å²) in [7, 11) is 0. The van der Waals surface area contributed by atoms with Crippen LogP contribution in [0, 0.1) is 11.6 Å². The summed E-state index contributed by atoms with van der Waals surface area (Å²) in [5.41, 5.74) is 2.21. The van der Waals surface area contributed by atoms with Gasteiger partial charge in [0.1, 0.15) is 11.6 Å². The molecule has 0 spiro atoms. The number of aromatic hydroxyl groups is 1. The van der Waals surface area contributed by atoms with Crippen molar-refractivity contribution in [3.8, 4) is 22.7 Å². The molecule has 146 valence electrons. The first-order valence-corrected chi connectivity index (χ1v) is 8.92. The normalized spacial score (nSPS) is 11.0. The molecule has 0 bridgehead atoms. The molecule has 0 saturated heterocycles. The second-order valence-electron chi connectivity index (χ2n) is 6.32. The van der Waals surface area contributed by atoms with Crippen molar-refractivity contribution in [2.24, 2.45) is 0 Å². The number of hydrogen-bond acceptors (Lipinski definition) is 4. The molecule has 0 saturated carbocycles. The minimum absolute atomic E-state index is 0.148. The lowest BCUT2D eigenvalue weighted by molar-refractivity contribution is 0.0516. The molecule has 0 fully saturated rings. The van der Waals surface area contributed by atoms with Crippen LogP contribution < -0.4 is 0 Å². The van der Waals surface area contributed by atoms with Crippen molar-refractivity contribution in [3.63, 3.8) is 0 Å². The van der Waals surface area contributed by atoms with E-state index in [0.29, 0.717) is 27.8 Å². The predicted molar refractivity (Wildman–Crippen MR) is 104 cm³/mol. The standard InChI is InChI=1S/C22H16F2N2O3/c1-2-29-22(28)20-21(27)17-11-18(13-3-5-14(23)6-4-13)26(19(17)12-25-20)16-9-7-15(24)8-10-16/h3-12,27H,2H2,1H3. The number of carbonyl (C=O) groups is 1. The van der Waals surface area contributed by atoms with Crippen LogP contribution in [-0.2, 0) is 4.74 Å². The minimum Gasteiger partial charge on any atom is -0.505 e. The molecule has 4 aromatic rings. The third-order valence-corrected chi connectivity index (χ3v) is 4.53. The summed E-state index contributed by atoms with van der Waals surface area (Å²) in [6.45, 7) is 1.81. The third kappa shape index (κ3) is 3.31. The predicted octanol–water partition coefficient (Wildman–Crippen LogP) is 4.85. The lowest BCUT2D eigenvalue weighted by atomic mass is 10.1. The molecule has 2 aromatic heterocycles. The number of carbonyl (C=O) groups excluding carboxylic acids is 1. The Balaban J connectivity index is 2.00. The van der Waals surface area contributed by atoms with E-state index in [9.17, 15) is 18.7 Å². The molecule has 4 rings (SSSR count). The molecule has 7 heteroatoms. The smallest absolute Gasteiger partial charge is 0.360 e. The lowest BCUT2D eigenvalue weighted by Crippen LogP contribution is -2.07. The molecule has 0 unspecified atom stereocenters. The molecule has 0 amide bonds. The zero-order chi connectivity index (χ0) is 20.5. The van der Waals surface area contributed by atoms with Crippen LogP contribution in [0.5, 0.6) is 5.75 Å². The van der Waals surface area contributed by atoms with E-state index in [1.165, 1.54) is 30.5 Å². The number of hydrogen-bond donors (Lipinski definition) is 1. The van der Waals surface area contributed by atoms with E-state index in [0.717, 1.165) is 0 Å². The summed E-state index contributed by atoms with van der Waals surface area (Å²) in [6.07, 6.45) is 1.44. The molecule has 0 aliphatic rings. The van der Waals surface area contributed by atoms with Gasteiger partial charge in [-0.15, -0.1) is 0 Å². The monoisotopic (exact) mass is 394 g/mol. The van der Waals surface area contributed by atoms with Gasteiger partial charge >= 0.3 is 5.97 Å². The summed E-state index contributed by atoms with van der Waals surface area (Å²) < 4.78 is 33.5. The molecule has 5 nitrogen and oxygen atoms in total. The van der Waals surface area contributed by atoms with Crippen LogP contribution in [0.2, 0.25) is 0 Å². The number of fused-ring (bicyclic) bond motifs is 1. The number of pyridine rings is 1. The van der Waals surface area contributed by atoms with Crippen LogP contribution >= 0.6 is 0 Å². The highest BCUT2D eigenvalue weighted by Gasteiger charge is 2.22. The first-order chi connectivity index (χ1) is 14.0. The summed E-state index contributed by atoms with van der Waals surface area (Å²) >= 11 is 0. The minimum atomic E-state index is -0.732. The van der Waals surface area contributed by atoms with Crippen molar-refractivity contribution >= 4 is 16.9 Å². The highest BCUT2D eigenvalue weighted by molar-refractivity contribution is 6.00. The Hall–Kier alpha value is -3.74. The molecular weight excluding hydrogens is 378 g/mol. The molecule has 2 aromatic carbocycles. The van der Waals surface area contributed by atoms with Crippen LogP contribution in [-0.4, -0.2) is 27.2 Å². The van der Waals surface area contributed by atoms with Crippen molar-refractivity contribution in [2.45, 2.75) is 6.92 Å². The van der Waals surface area contributed by atoms with Crippen molar-refractivity contribution < 1.29 is 23.4 Å². The molecule has 2 heterocycles. The maximum absolute atomic E-state index is 13.4. The number of aromatic nitrogens is 2. The largest absolute Gasteiger partial charge is 0.505 e. The second-order valence-corrected chi connectivity index (χ2v) is 6.32. The topological polar surface area (TPSA) is 64.3 Å². The van der Waals surface area contributed by atoms with E-state index in [4.69, 9.17) is 4.74 Å². The summed E-state index contributed by atoms with van der Waals surface area (Å²) in [5.74, 6) is -1.82. The summed E-state index contributed by atoms with van der Waals surface area (Å²) in [4.78, 5) is 16.2. The van der Waals surface area contributed by atoms with Gasteiger partial charge < -0.3 is 14.4 Å². The van der Waals surface area contributed by atoms with Gasteiger partial charge in [-0.1, -0.05) is 0 Å². The van der Waals surface area contributed by atoms with Crippen molar-refractivity contribution in [1.82, 2.24) is 9.55 Å². The van der Waals surface area contributed by atoms with Crippen molar-refractivity contribution in [3.05, 3.63) is 78.1 Å². The Labute approximate surface area is 164 Å². The molecule has 0 aliphatic carbocycles. The van der Waals surface area contributed by atoms with Gasteiger partial charge in [-0.2, -0.15) is 0 Å². The number of rotatable bonds is 4. The molecule has 0 aliphatic heterocycles. The van der Waals surface area contributed by atoms with Crippen LogP contribution in [0.3, 0.4) is 0 Å². The van der Waals surface area contributed by atoms with E-state index in [1.807, 2.05) is 0 Å². The Bertz CT molecular complexity index is 1200. The van der Waals surface area contributed by atoms with E-state index in [1.54, 1.807) is 41.8 Å². The molecule has 29 heavy (non-hydrogen) atoms. The Morgan fingerprint density at radius 2 is 1.69 bits per heavy atom. The first-order valence-electron chi connectivity index (χ1n) is 8.92. The van der Waals surface area contributed by atoms with Gasteiger partial charge in [-0.25, -0.2) is 18.6 Å². The number of ether oxygens (including phenoxy) is 1. The van der Waals surface area contributed by atoms with Crippen LogP contribution in [0.25, 0.3) is 27.8 Å². The zero-order valence-corrected chi connectivity index (χ0v) is 15.4. The quantitative estimate of drug-likeness (QED) is 0.503. The fourth-order valence-electron chi connectivity index (χ4n) is 3.21. The number of nitrogens with zero attached hydrogens (tertiary/aromatic N) is 2. The Morgan fingerprint density at radius 3 is 2.31 bits per heavy atom. The SMILES string of the molecule is CCOC(=O)c1ncc2c(cc(-c3ccc(F)cc3)n2-c2ccc(F)cc2)c1O. The van der Waals surface area contributed by atoms with Gasteiger partial charge in [0, 0.05) is 11.1 Å². The fourth-order valence-corrected chi connectivity index (χ4v) is 3.21. The van der Waals surface area contributed by atoms with Crippen molar-refractivity contribution in [2.75, 3.05) is 6.61 Å². The van der Waals surface area contributed by atoms with Crippen LogP contribution in [0.4, 0.5) is 8.78 Å². The lowest BCUT2D eigenvalue weighted by Gasteiger charge is -2.11. The number of esters is 1. The average Bonchev–Trinajstić information content (AvgIpc) is 3.10. The van der Waals surface area contributed by atoms with Gasteiger partial charge in [0.25, 0.3) is 0 Å². The maximum atomic E-state index is 13.4. The first kappa shape index (κ1) is 18.6. The van der Waals surface area contributed by atoms with Crippen molar-refractivity contribution in [1.29, 1.82) is 0 Å². The molecule has 0 radical (unpaired) electrons. The van der Waals surface area contributed by atoms with E-state index >= 15 is 0 Å². The van der Waals surface area contributed by atoms with Gasteiger partial charge in [-0.3, -0.25) is 0 Å². The zero-order valence-electron chi connectivity index (χ0n) is 15.4. The third-order valence-electron chi connectivity index (χ3n) is 4.53. The van der Waals surface area contributed by atoms with E-state index < -0.39 is 5.97 Å². The Morgan fingerprint density at radius 1 is 1.07 bits per heavy atom. The van der Waals surface area contributed by atoms with Gasteiger partial charge in [0.15, 0.2) is 11.4 Å². The van der Waals surface area contributed by atoms with E-state index in [2.05, 4.69) is 4.98 Å². The fraction of sp³-hybridized carbons (Fsp3) is 0.0909. The Kier molecular flexibility index (Phi) is 4.72. The number of halogens is 2. The highest BCUT2D eigenvalue weighted by Crippen LogP contribution is 2.36. The van der Waals surface area contributed by atoms with Crippen LogP contribution in [0.1, 0.15) is 17.4 Å². The average molecular weight is 394 g/mol. The second kappa shape index (κ2) is 7.35. The van der Waals surface area contributed by atoms with Gasteiger partial charge in [-0.05, 0) is 67.1 Å². The number of benzene rings is 2. The summed E-state index contributed by atoms with van der Waals surface area (Å²) in [6, 6.07) is 13.3.